The first kappa shape index (κ1) is 20.0. The summed E-state index contributed by atoms with van der Waals surface area (Å²) in [6.07, 6.45) is 6.86. The lowest BCUT2D eigenvalue weighted by Crippen LogP contribution is -2.39. The van der Waals surface area contributed by atoms with E-state index in [2.05, 4.69) is 6.08 Å². The van der Waals surface area contributed by atoms with Crippen LogP contribution in [0, 0.1) is 0 Å². The van der Waals surface area contributed by atoms with E-state index in [0.717, 1.165) is 22.3 Å². The molecule has 1 heterocycles. The molecule has 0 amide bonds. The molecule has 1 aliphatic heterocycles. The summed E-state index contributed by atoms with van der Waals surface area (Å²) in [7, 11) is 0. The molecule has 28 heavy (non-hydrogen) atoms. The Morgan fingerprint density at radius 2 is 1.82 bits per heavy atom. The number of allylic oxidation sites excluding steroid dienone is 2. The van der Waals surface area contributed by atoms with E-state index in [1.54, 1.807) is 32.0 Å². The van der Waals surface area contributed by atoms with Gasteiger partial charge in [-0.25, -0.2) is 0 Å². The number of hydrogen-bond donors (Lipinski definition) is 3. The van der Waals surface area contributed by atoms with Gasteiger partial charge in [0, 0.05) is 23.6 Å². The third-order valence-corrected chi connectivity index (χ3v) is 5.02. The Bertz CT molecular complexity index is 911. The third kappa shape index (κ3) is 4.39. The number of aromatic hydroxyl groups is 2. The van der Waals surface area contributed by atoms with Crippen molar-refractivity contribution in [1.82, 2.24) is 0 Å². The summed E-state index contributed by atoms with van der Waals surface area (Å²) < 4.78 is 5.95. The molecule has 0 saturated heterocycles. The van der Waals surface area contributed by atoms with Gasteiger partial charge in [0.25, 0.3) is 0 Å². The maximum absolute atomic E-state index is 10.7. The average molecular weight is 380 g/mol. The Morgan fingerprint density at radius 1 is 1.14 bits per heavy atom. The zero-order chi connectivity index (χ0) is 20.5. The van der Waals surface area contributed by atoms with Crippen LogP contribution in [0.2, 0.25) is 0 Å². The Labute approximate surface area is 166 Å². The molecule has 0 saturated carbocycles. The lowest BCUT2D eigenvalue weighted by atomic mass is 9.90. The van der Waals surface area contributed by atoms with Gasteiger partial charge in [-0.05, 0) is 57.4 Å². The number of benzene rings is 2. The maximum Gasteiger partial charge on any atom is 0.131 e. The van der Waals surface area contributed by atoms with Crippen molar-refractivity contribution in [2.75, 3.05) is 0 Å². The Morgan fingerprint density at radius 3 is 2.43 bits per heavy atom. The summed E-state index contributed by atoms with van der Waals surface area (Å²) in [5.41, 5.74) is 3.91. The lowest BCUT2D eigenvalue weighted by molar-refractivity contribution is -0.0230. The fourth-order valence-electron chi connectivity index (χ4n) is 3.33. The molecular formula is C24H28O4. The van der Waals surface area contributed by atoms with E-state index in [4.69, 9.17) is 4.74 Å². The first-order valence-electron chi connectivity index (χ1n) is 9.52. The third-order valence-electron chi connectivity index (χ3n) is 5.02. The fourth-order valence-corrected chi connectivity index (χ4v) is 3.33. The van der Waals surface area contributed by atoms with Gasteiger partial charge in [0.1, 0.15) is 23.4 Å². The highest BCUT2D eigenvalue weighted by molar-refractivity contribution is 5.76. The number of aliphatic hydroxyl groups is 1. The van der Waals surface area contributed by atoms with Gasteiger partial charge in [-0.2, -0.15) is 0 Å². The summed E-state index contributed by atoms with van der Waals surface area (Å²) in [6, 6.07) is 8.61. The van der Waals surface area contributed by atoms with Crippen LogP contribution in [-0.4, -0.2) is 27.0 Å². The molecule has 3 N–H and O–H groups in total. The molecule has 148 valence electrons. The maximum atomic E-state index is 10.7. The molecular weight excluding hydrogens is 352 g/mol. The van der Waals surface area contributed by atoms with Crippen LogP contribution in [-0.2, 0) is 12.8 Å². The normalized spacial score (nSPS) is 16.1. The minimum atomic E-state index is -0.980. The van der Waals surface area contributed by atoms with Crippen molar-refractivity contribution in [3.05, 3.63) is 64.2 Å². The molecule has 0 spiro atoms. The molecule has 1 atom stereocenters. The highest BCUT2D eigenvalue weighted by Gasteiger charge is 2.36. The quantitative estimate of drug-likeness (QED) is 0.512. The molecule has 0 aliphatic carbocycles. The Balaban J connectivity index is 2.07. The molecule has 0 fully saturated rings. The van der Waals surface area contributed by atoms with Gasteiger partial charge in [-0.3, -0.25) is 0 Å². The predicted molar refractivity (Wildman–Crippen MR) is 113 cm³/mol. The molecule has 1 unspecified atom stereocenters. The molecule has 0 radical (unpaired) electrons. The second kappa shape index (κ2) is 7.72. The van der Waals surface area contributed by atoms with Crippen LogP contribution in [0.5, 0.6) is 17.2 Å². The van der Waals surface area contributed by atoms with Gasteiger partial charge in [-0.15, -0.1) is 0 Å². The molecule has 2 aromatic rings. The minimum Gasteiger partial charge on any atom is -0.508 e. The van der Waals surface area contributed by atoms with E-state index in [1.807, 2.05) is 38.1 Å². The predicted octanol–water partition coefficient (Wildman–Crippen LogP) is 4.85. The number of rotatable bonds is 5. The number of phenols is 2. The highest BCUT2D eigenvalue weighted by atomic mass is 16.5. The summed E-state index contributed by atoms with van der Waals surface area (Å²) in [5.74, 6) is 1.04. The van der Waals surface area contributed by atoms with Crippen molar-refractivity contribution >= 4 is 12.2 Å². The molecule has 4 nitrogen and oxygen atoms in total. The van der Waals surface area contributed by atoms with Gasteiger partial charge < -0.3 is 20.1 Å². The molecule has 3 rings (SSSR count). The molecule has 1 aliphatic rings. The van der Waals surface area contributed by atoms with E-state index in [9.17, 15) is 15.3 Å². The second-order valence-electron chi connectivity index (χ2n) is 8.14. The van der Waals surface area contributed by atoms with Crippen LogP contribution < -0.4 is 4.74 Å². The van der Waals surface area contributed by atoms with Gasteiger partial charge in [0.2, 0.25) is 0 Å². The Kier molecular flexibility index (Phi) is 5.52. The van der Waals surface area contributed by atoms with Gasteiger partial charge in [0.05, 0.1) is 5.60 Å². The molecule has 0 bridgehead atoms. The van der Waals surface area contributed by atoms with Crippen molar-refractivity contribution in [3.63, 3.8) is 0 Å². The van der Waals surface area contributed by atoms with E-state index >= 15 is 0 Å². The van der Waals surface area contributed by atoms with Crippen LogP contribution in [0.1, 0.15) is 49.9 Å². The summed E-state index contributed by atoms with van der Waals surface area (Å²) in [6.45, 7) is 7.53. The first-order chi connectivity index (χ1) is 13.1. The largest absolute Gasteiger partial charge is 0.508 e. The van der Waals surface area contributed by atoms with E-state index in [0.29, 0.717) is 18.6 Å². The number of phenolic OH excluding ortho intramolecular Hbond substituents is 2. The Hall–Kier alpha value is -2.72. The molecule has 0 aromatic heterocycles. The van der Waals surface area contributed by atoms with Gasteiger partial charge in [0.15, 0.2) is 0 Å². The van der Waals surface area contributed by atoms with E-state index in [1.165, 1.54) is 5.57 Å². The lowest BCUT2D eigenvalue weighted by Gasteiger charge is -2.24. The van der Waals surface area contributed by atoms with Gasteiger partial charge >= 0.3 is 0 Å². The number of ether oxygens (including phenoxy) is 1. The SMILES string of the molecule is CC(C)=CCc1c(O)cc2c(c1/C=C/c1ccc(O)cc1)CC(C(C)(C)O)O2. The minimum absolute atomic E-state index is 0.193. The average Bonchev–Trinajstić information content (AvgIpc) is 3.03. The van der Waals surface area contributed by atoms with Crippen molar-refractivity contribution in [2.24, 2.45) is 0 Å². The first-order valence-corrected chi connectivity index (χ1v) is 9.52. The molecule has 4 heteroatoms. The van der Waals surface area contributed by atoms with Crippen LogP contribution in [0.15, 0.2) is 42.0 Å². The highest BCUT2D eigenvalue weighted by Crippen LogP contribution is 2.42. The monoisotopic (exact) mass is 380 g/mol. The topological polar surface area (TPSA) is 69.9 Å². The van der Waals surface area contributed by atoms with Crippen LogP contribution in [0.3, 0.4) is 0 Å². The van der Waals surface area contributed by atoms with Crippen LogP contribution in [0.25, 0.3) is 12.2 Å². The van der Waals surface area contributed by atoms with Gasteiger partial charge in [-0.1, -0.05) is 35.9 Å². The number of fused-ring (bicyclic) bond motifs is 1. The van der Waals surface area contributed by atoms with Crippen LogP contribution in [0.4, 0.5) is 0 Å². The fraction of sp³-hybridized carbons (Fsp3) is 0.333. The summed E-state index contributed by atoms with van der Waals surface area (Å²) >= 11 is 0. The van der Waals surface area contributed by atoms with E-state index in [-0.39, 0.29) is 17.6 Å². The van der Waals surface area contributed by atoms with Crippen LogP contribution >= 0.6 is 0 Å². The van der Waals surface area contributed by atoms with E-state index < -0.39 is 5.60 Å². The molecule has 2 aromatic carbocycles. The smallest absolute Gasteiger partial charge is 0.131 e. The standard InChI is InChI=1S/C24H28O4/c1-15(2)5-11-19-18(12-8-16-6-9-17(25)10-7-16)20-13-23(24(3,4)27)28-22(20)14-21(19)26/h5-10,12,14,23,25-27H,11,13H2,1-4H3/b12-8+. The summed E-state index contributed by atoms with van der Waals surface area (Å²) in [4.78, 5) is 0. The zero-order valence-corrected chi connectivity index (χ0v) is 16.9. The van der Waals surface area contributed by atoms with Crippen molar-refractivity contribution < 1.29 is 20.1 Å². The summed E-state index contributed by atoms with van der Waals surface area (Å²) in [5, 5.41) is 30.5. The number of hydrogen-bond acceptors (Lipinski definition) is 4. The zero-order valence-electron chi connectivity index (χ0n) is 16.9. The second-order valence-corrected chi connectivity index (χ2v) is 8.14. The van der Waals surface area contributed by atoms with Crippen molar-refractivity contribution in [1.29, 1.82) is 0 Å². The van der Waals surface area contributed by atoms with Crippen molar-refractivity contribution in [2.45, 2.75) is 52.2 Å². The van der Waals surface area contributed by atoms with Crippen molar-refractivity contribution in [3.8, 4) is 17.2 Å².